The molecule has 19 heavy (non-hydrogen) atoms. The second-order valence-corrected chi connectivity index (χ2v) is 4.96. The van der Waals surface area contributed by atoms with Crippen molar-refractivity contribution in [3.63, 3.8) is 0 Å². The second-order valence-electron chi connectivity index (χ2n) is 4.96. The molecule has 6 nitrogen and oxygen atoms in total. The number of nitrogens with zero attached hydrogens (tertiary/aromatic N) is 5. The Morgan fingerprint density at radius 1 is 1.47 bits per heavy atom. The summed E-state index contributed by atoms with van der Waals surface area (Å²) in [4.78, 5) is 6.47. The van der Waals surface area contributed by atoms with Gasteiger partial charge in [0, 0.05) is 33.6 Å². The number of guanidine groups is 1. The van der Waals surface area contributed by atoms with Gasteiger partial charge in [0.05, 0.1) is 6.54 Å². The van der Waals surface area contributed by atoms with Crippen LogP contribution in [0.3, 0.4) is 0 Å². The smallest absolute Gasteiger partial charge is 0.193 e. The molecule has 1 aromatic rings. The number of aryl methyl sites for hydroxylation is 1. The van der Waals surface area contributed by atoms with Gasteiger partial charge in [-0.2, -0.15) is 0 Å². The zero-order valence-electron chi connectivity index (χ0n) is 12.2. The molecule has 0 amide bonds. The number of rotatable bonds is 5. The van der Waals surface area contributed by atoms with Crippen molar-refractivity contribution >= 4 is 5.96 Å². The summed E-state index contributed by atoms with van der Waals surface area (Å²) in [5.74, 6) is 3.05. The maximum atomic E-state index is 4.31. The maximum Gasteiger partial charge on any atom is 0.193 e. The third kappa shape index (κ3) is 3.24. The Bertz CT molecular complexity index is 436. The van der Waals surface area contributed by atoms with Gasteiger partial charge in [-0.15, -0.1) is 10.2 Å². The number of fused-ring (bicyclic) bond motifs is 1. The molecule has 0 fully saturated rings. The average molecular weight is 264 g/mol. The van der Waals surface area contributed by atoms with Crippen LogP contribution in [0.5, 0.6) is 0 Å². The molecule has 1 aromatic heterocycles. The van der Waals surface area contributed by atoms with E-state index in [1.807, 2.05) is 7.05 Å². The van der Waals surface area contributed by atoms with E-state index in [2.05, 4.69) is 43.9 Å². The van der Waals surface area contributed by atoms with Gasteiger partial charge in [-0.05, 0) is 12.8 Å². The zero-order chi connectivity index (χ0) is 13.7. The highest BCUT2D eigenvalue weighted by molar-refractivity contribution is 5.79. The van der Waals surface area contributed by atoms with Crippen molar-refractivity contribution in [2.24, 2.45) is 4.99 Å². The van der Waals surface area contributed by atoms with Crippen LogP contribution in [-0.4, -0.2) is 46.3 Å². The SMILES string of the molecule is CCCCN(C)C(=NC)NCc1nnc2n1CCC2. The Kier molecular flexibility index (Phi) is 4.76. The summed E-state index contributed by atoms with van der Waals surface area (Å²) in [5, 5.41) is 11.8. The first kappa shape index (κ1) is 13.8. The van der Waals surface area contributed by atoms with E-state index < -0.39 is 0 Å². The van der Waals surface area contributed by atoms with Crippen molar-refractivity contribution in [2.45, 2.75) is 45.7 Å². The van der Waals surface area contributed by atoms with E-state index in [9.17, 15) is 0 Å². The van der Waals surface area contributed by atoms with Gasteiger partial charge in [-0.1, -0.05) is 13.3 Å². The quantitative estimate of drug-likeness (QED) is 0.637. The number of unbranched alkanes of at least 4 members (excludes halogenated alkanes) is 1. The third-order valence-electron chi connectivity index (χ3n) is 3.51. The fourth-order valence-corrected chi connectivity index (χ4v) is 2.39. The fraction of sp³-hybridized carbons (Fsp3) is 0.769. The summed E-state index contributed by atoms with van der Waals surface area (Å²) in [5.41, 5.74) is 0. The molecule has 0 radical (unpaired) electrons. The van der Waals surface area contributed by atoms with E-state index in [1.54, 1.807) is 0 Å². The van der Waals surface area contributed by atoms with Crippen LogP contribution in [-0.2, 0) is 19.5 Å². The molecule has 1 N–H and O–H groups in total. The van der Waals surface area contributed by atoms with Crippen molar-refractivity contribution in [2.75, 3.05) is 20.6 Å². The molecule has 1 aliphatic rings. The van der Waals surface area contributed by atoms with Gasteiger partial charge < -0.3 is 14.8 Å². The fourth-order valence-electron chi connectivity index (χ4n) is 2.39. The summed E-state index contributed by atoms with van der Waals surface area (Å²) in [7, 11) is 3.89. The van der Waals surface area contributed by atoms with Crippen LogP contribution < -0.4 is 5.32 Å². The molecule has 0 atom stereocenters. The van der Waals surface area contributed by atoms with E-state index >= 15 is 0 Å². The van der Waals surface area contributed by atoms with Crippen LogP contribution in [0, 0.1) is 0 Å². The minimum Gasteiger partial charge on any atom is -0.349 e. The molecule has 106 valence electrons. The number of hydrogen-bond donors (Lipinski definition) is 1. The normalized spacial score (nSPS) is 14.6. The van der Waals surface area contributed by atoms with Gasteiger partial charge in [-0.25, -0.2) is 0 Å². The first-order valence-corrected chi connectivity index (χ1v) is 7.09. The molecule has 0 aliphatic carbocycles. The van der Waals surface area contributed by atoms with E-state index in [1.165, 1.54) is 19.3 Å². The van der Waals surface area contributed by atoms with E-state index in [0.29, 0.717) is 6.54 Å². The summed E-state index contributed by atoms with van der Waals surface area (Å²) >= 11 is 0. The summed E-state index contributed by atoms with van der Waals surface area (Å²) in [6, 6.07) is 0. The molecule has 0 bridgehead atoms. The Balaban J connectivity index is 1.89. The van der Waals surface area contributed by atoms with Crippen LogP contribution >= 0.6 is 0 Å². The van der Waals surface area contributed by atoms with Crippen molar-refractivity contribution in [3.8, 4) is 0 Å². The van der Waals surface area contributed by atoms with Gasteiger partial charge in [0.1, 0.15) is 5.82 Å². The lowest BCUT2D eigenvalue weighted by Gasteiger charge is -2.21. The van der Waals surface area contributed by atoms with E-state index in [4.69, 9.17) is 0 Å². The second kappa shape index (κ2) is 6.54. The lowest BCUT2D eigenvalue weighted by Crippen LogP contribution is -2.39. The monoisotopic (exact) mass is 264 g/mol. The predicted octanol–water partition coefficient (Wildman–Crippen LogP) is 1.03. The van der Waals surface area contributed by atoms with Crippen LogP contribution in [0.25, 0.3) is 0 Å². The summed E-state index contributed by atoms with van der Waals surface area (Å²) in [6.07, 6.45) is 4.61. The number of nitrogens with one attached hydrogen (secondary N) is 1. The lowest BCUT2D eigenvalue weighted by molar-refractivity contribution is 0.462. The molecule has 2 rings (SSSR count). The van der Waals surface area contributed by atoms with Crippen molar-refractivity contribution in [1.29, 1.82) is 0 Å². The molecule has 0 saturated heterocycles. The molecule has 0 unspecified atom stereocenters. The van der Waals surface area contributed by atoms with Gasteiger partial charge in [0.15, 0.2) is 11.8 Å². The standard InChI is InChI=1S/C13H24N6/c1-4-5-8-18(3)13(14-2)15-10-12-17-16-11-7-6-9-19(11)12/h4-10H2,1-3H3,(H,14,15). The van der Waals surface area contributed by atoms with Crippen molar-refractivity contribution in [3.05, 3.63) is 11.6 Å². The van der Waals surface area contributed by atoms with Crippen molar-refractivity contribution in [1.82, 2.24) is 25.0 Å². The number of aromatic nitrogens is 3. The van der Waals surface area contributed by atoms with Gasteiger partial charge in [0.25, 0.3) is 0 Å². The largest absolute Gasteiger partial charge is 0.349 e. The Hall–Kier alpha value is -1.59. The molecule has 1 aliphatic heterocycles. The minimum absolute atomic E-state index is 0.691. The van der Waals surface area contributed by atoms with Crippen LogP contribution in [0.4, 0.5) is 0 Å². The Labute approximate surface area is 114 Å². The third-order valence-corrected chi connectivity index (χ3v) is 3.51. The topological polar surface area (TPSA) is 58.3 Å². The van der Waals surface area contributed by atoms with Crippen LogP contribution in [0.2, 0.25) is 0 Å². The maximum absolute atomic E-state index is 4.31. The van der Waals surface area contributed by atoms with Gasteiger partial charge >= 0.3 is 0 Å². The average Bonchev–Trinajstić information content (AvgIpc) is 3.01. The minimum atomic E-state index is 0.691. The highest BCUT2D eigenvalue weighted by atomic mass is 15.3. The van der Waals surface area contributed by atoms with E-state index in [-0.39, 0.29) is 0 Å². The Morgan fingerprint density at radius 3 is 3.05 bits per heavy atom. The molecule has 0 saturated carbocycles. The summed E-state index contributed by atoms with van der Waals surface area (Å²) in [6.45, 7) is 4.96. The first-order valence-electron chi connectivity index (χ1n) is 7.09. The predicted molar refractivity (Wildman–Crippen MR) is 76.1 cm³/mol. The highest BCUT2D eigenvalue weighted by Crippen LogP contribution is 2.13. The summed E-state index contributed by atoms with van der Waals surface area (Å²) < 4.78 is 2.21. The zero-order valence-corrected chi connectivity index (χ0v) is 12.2. The van der Waals surface area contributed by atoms with E-state index in [0.717, 1.165) is 37.1 Å². The highest BCUT2D eigenvalue weighted by Gasteiger charge is 2.17. The lowest BCUT2D eigenvalue weighted by atomic mass is 10.3. The number of hydrogen-bond acceptors (Lipinski definition) is 3. The molecule has 0 spiro atoms. The van der Waals surface area contributed by atoms with Gasteiger partial charge in [0.2, 0.25) is 0 Å². The molecular formula is C13H24N6. The van der Waals surface area contributed by atoms with Crippen molar-refractivity contribution < 1.29 is 0 Å². The Morgan fingerprint density at radius 2 is 2.32 bits per heavy atom. The molecule has 6 heteroatoms. The van der Waals surface area contributed by atoms with Gasteiger partial charge in [-0.3, -0.25) is 4.99 Å². The molecular weight excluding hydrogens is 240 g/mol. The first-order chi connectivity index (χ1) is 9.26. The van der Waals surface area contributed by atoms with Crippen LogP contribution in [0.1, 0.15) is 37.8 Å². The number of aliphatic imine (C=N–C) groups is 1. The molecule has 2 heterocycles. The molecule has 0 aromatic carbocycles. The van der Waals surface area contributed by atoms with Crippen LogP contribution in [0.15, 0.2) is 4.99 Å².